The van der Waals surface area contributed by atoms with Crippen LogP contribution >= 0.6 is 0 Å². The van der Waals surface area contributed by atoms with Crippen molar-refractivity contribution in [2.24, 2.45) is 5.92 Å². The molecule has 0 aromatic heterocycles. The number of hydrogen-bond acceptors (Lipinski definition) is 3. The third-order valence-corrected chi connectivity index (χ3v) is 7.32. The first-order chi connectivity index (χ1) is 10.8. The molecule has 4 nitrogen and oxygen atoms in total. The van der Waals surface area contributed by atoms with E-state index in [2.05, 4.69) is 18.3 Å². The molecule has 1 aromatic carbocycles. The van der Waals surface area contributed by atoms with Crippen LogP contribution in [-0.2, 0) is 10.0 Å². The lowest BCUT2D eigenvalue weighted by atomic mass is 9.98. The SMILES string of the molecule is CCNCC1CCN(S(=O)(=O)c2c(C)c(C)cc(C)c2C)CC1. The molecule has 1 N–H and O–H groups in total. The van der Waals surface area contributed by atoms with Crippen molar-refractivity contribution in [1.29, 1.82) is 0 Å². The van der Waals surface area contributed by atoms with Crippen molar-refractivity contribution in [2.75, 3.05) is 26.2 Å². The Morgan fingerprint density at radius 1 is 1.09 bits per heavy atom. The molecule has 0 aliphatic carbocycles. The van der Waals surface area contributed by atoms with Crippen LogP contribution in [0, 0.1) is 33.6 Å². The molecule has 2 rings (SSSR count). The molecule has 0 saturated carbocycles. The number of aryl methyl sites for hydroxylation is 2. The molecule has 1 aliphatic heterocycles. The van der Waals surface area contributed by atoms with E-state index in [4.69, 9.17) is 0 Å². The molecule has 0 radical (unpaired) electrons. The maximum absolute atomic E-state index is 13.2. The van der Waals surface area contributed by atoms with E-state index >= 15 is 0 Å². The first-order valence-electron chi connectivity index (χ1n) is 8.57. The monoisotopic (exact) mass is 338 g/mol. The van der Waals surface area contributed by atoms with Gasteiger partial charge in [-0.25, -0.2) is 8.42 Å². The summed E-state index contributed by atoms with van der Waals surface area (Å²) in [4.78, 5) is 0.528. The Bertz CT molecular complexity index is 634. The fourth-order valence-corrected chi connectivity index (χ4v) is 5.44. The average Bonchev–Trinajstić information content (AvgIpc) is 2.51. The van der Waals surface area contributed by atoms with Crippen LogP contribution in [0.4, 0.5) is 0 Å². The third-order valence-electron chi connectivity index (χ3n) is 5.15. The Morgan fingerprint density at radius 2 is 1.61 bits per heavy atom. The van der Waals surface area contributed by atoms with Crippen LogP contribution in [-0.4, -0.2) is 38.9 Å². The van der Waals surface area contributed by atoms with Gasteiger partial charge in [-0.15, -0.1) is 0 Å². The van der Waals surface area contributed by atoms with Crippen molar-refractivity contribution < 1.29 is 8.42 Å². The van der Waals surface area contributed by atoms with E-state index in [0.29, 0.717) is 23.9 Å². The number of nitrogens with one attached hydrogen (secondary N) is 1. The summed E-state index contributed by atoms with van der Waals surface area (Å²) in [5.74, 6) is 0.586. The molecular weight excluding hydrogens is 308 g/mol. The van der Waals surface area contributed by atoms with Gasteiger partial charge in [0, 0.05) is 13.1 Å². The van der Waals surface area contributed by atoms with Gasteiger partial charge in [-0.05, 0) is 81.8 Å². The second-order valence-electron chi connectivity index (χ2n) is 6.74. The molecule has 1 saturated heterocycles. The van der Waals surface area contributed by atoms with Crippen LogP contribution in [0.3, 0.4) is 0 Å². The van der Waals surface area contributed by atoms with E-state index in [9.17, 15) is 8.42 Å². The van der Waals surface area contributed by atoms with Crippen molar-refractivity contribution in [1.82, 2.24) is 9.62 Å². The van der Waals surface area contributed by atoms with Gasteiger partial charge >= 0.3 is 0 Å². The highest BCUT2D eigenvalue weighted by Crippen LogP contribution is 2.30. The molecular formula is C18H30N2O2S. The molecule has 1 aromatic rings. The maximum atomic E-state index is 13.2. The summed E-state index contributed by atoms with van der Waals surface area (Å²) >= 11 is 0. The van der Waals surface area contributed by atoms with Crippen LogP contribution in [0.5, 0.6) is 0 Å². The Balaban J connectivity index is 2.24. The molecule has 1 heterocycles. The number of hydrogen-bond donors (Lipinski definition) is 1. The third kappa shape index (κ3) is 3.78. The first-order valence-corrected chi connectivity index (χ1v) is 10.0. The molecule has 0 spiro atoms. The van der Waals surface area contributed by atoms with Crippen LogP contribution < -0.4 is 5.32 Å². The van der Waals surface area contributed by atoms with Gasteiger partial charge in [0.1, 0.15) is 0 Å². The van der Waals surface area contributed by atoms with Gasteiger partial charge in [-0.1, -0.05) is 13.0 Å². The Morgan fingerprint density at radius 3 is 2.09 bits per heavy atom. The van der Waals surface area contributed by atoms with E-state index in [0.717, 1.165) is 48.2 Å². The maximum Gasteiger partial charge on any atom is 0.243 e. The molecule has 1 aliphatic rings. The van der Waals surface area contributed by atoms with E-state index in [1.807, 2.05) is 27.7 Å². The van der Waals surface area contributed by atoms with Crippen molar-refractivity contribution in [3.05, 3.63) is 28.3 Å². The highest BCUT2D eigenvalue weighted by Gasteiger charge is 2.32. The number of rotatable bonds is 5. The smallest absolute Gasteiger partial charge is 0.243 e. The van der Waals surface area contributed by atoms with E-state index in [1.165, 1.54) is 0 Å². The van der Waals surface area contributed by atoms with Gasteiger partial charge in [-0.2, -0.15) is 4.31 Å². The lowest BCUT2D eigenvalue weighted by Crippen LogP contribution is -2.41. The molecule has 5 heteroatoms. The highest BCUT2D eigenvalue weighted by molar-refractivity contribution is 7.89. The fourth-order valence-electron chi connectivity index (χ4n) is 3.40. The van der Waals surface area contributed by atoms with Crippen LogP contribution in [0.1, 0.15) is 42.0 Å². The lowest BCUT2D eigenvalue weighted by molar-refractivity contribution is 0.268. The number of benzene rings is 1. The number of sulfonamides is 1. The highest BCUT2D eigenvalue weighted by atomic mass is 32.2. The van der Waals surface area contributed by atoms with Gasteiger partial charge in [0.05, 0.1) is 4.90 Å². The summed E-state index contributed by atoms with van der Waals surface area (Å²) in [5.41, 5.74) is 3.88. The van der Waals surface area contributed by atoms with Crippen molar-refractivity contribution >= 4 is 10.0 Å². The summed E-state index contributed by atoms with van der Waals surface area (Å²) in [6, 6.07) is 2.08. The van der Waals surface area contributed by atoms with Crippen LogP contribution in [0.15, 0.2) is 11.0 Å². The van der Waals surface area contributed by atoms with Gasteiger partial charge in [0.2, 0.25) is 10.0 Å². The van der Waals surface area contributed by atoms with Gasteiger partial charge in [-0.3, -0.25) is 0 Å². The summed E-state index contributed by atoms with van der Waals surface area (Å²) in [6.07, 6.45) is 1.88. The topological polar surface area (TPSA) is 49.4 Å². The van der Waals surface area contributed by atoms with Gasteiger partial charge in [0.25, 0.3) is 0 Å². The quantitative estimate of drug-likeness (QED) is 0.898. The number of nitrogens with zero attached hydrogens (tertiary/aromatic N) is 1. The predicted octanol–water partition coefficient (Wildman–Crippen LogP) is 2.93. The normalized spacial score (nSPS) is 17.6. The molecule has 0 bridgehead atoms. The molecule has 0 amide bonds. The summed E-state index contributed by atoms with van der Waals surface area (Å²) in [5, 5.41) is 3.37. The Hall–Kier alpha value is -0.910. The molecule has 23 heavy (non-hydrogen) atoms. The van der Waals surface area contributed by atoms with Crippen molar-refractivity contribution in [2.45, 2.75) is 52.4 Å². The molecule has 0 atom stereocenters. The van der Waals surface area contributed by atoms with Gasteiger partial charge < -0.3 is 5.32 Å². The van der Waals surface area contributed by atoms with E-state index in [1.54, 1.807) is 4.31 Å². The predicted molar refractivity (Wildman–Crippen MR) is 95.4 cm³/mol. The second-order valence-corrected chi connectivity index (χ2v) is 8.62. The van der Waals surface area contributed by atoms with Crippen LogP contribution in [0.25, 0.3) is 0 Å². The summed E-state index contributed by atoms with van der Waals surface area (Å²) in [7, 11) is -3.40. The van der Waals surface area contributed by atoms with Crippen LogP contribution in [0.2, 0.25) is 0 Å². The largest absolute Gasteiger partial charge is 0.317 e. The zero-order valence-corrected chi connectivity index (χ0v) is 15.9. The second kappa shape index (κ2) is 7.32. The minimum absolute atomic E-state index is 0.528. The van der Waals surface area contributed by atoms with E-state index < -0.39 is 10.0 Å². The Kier molecular flexibility index (Phi) is 5.87. The minimum atomic E-state index is -3.40. The fraction of sp³-hybridized carbons (Fsp3) is 0.667. The molecule has 0 unspecified atom stereocenters. The summed E-state index contributed by atoms with van der Waals surface area (Å²) < 4.78 is 28.0. The summed E-state index contributed by atoms with van der Waals surface area (Å²) in [6.45, 7) is 13.2. The van der Waals surface area contributed by atoms with Gasteiger partial charge in [0.15, 0.2) is 0 Å². The Labute approximate surface area is 141 Å². The average molecular weight is 339 g/mol. The van der Waals surface area contributed by atoms with Crippen molar-refractivity contribution in [3.63, 3.8) is 0 Å². The van der Waals surface area contributed by atoms with E-state index in [-0.39, 0.29) is 0 Å². The molecule has 130 valence electrons. The zero-order valence-electron chi connectivity index (χ0n) is 15.1. The zero-order chi connectivity index (χ0) is 17.2. The minimum Gasteiger partial charge on any atom is -0.317 e. The molecule has 1 fully saturated rings. The van der Waals surface area contributed by atoms with Crippen molar-refractivity contribution in [3.8, 4) is 0 Å². The number of piperidine rings is 1. The standard InChI is InChI=1S/C18H30N2O2S/c1-6-19-12-17-7-9-20(10-8-17)23(21,22)18-15(4)13(2)11-14(3)16(18)5/h11,17,19H,6-10,12H2,1-5H3. The lowest BCUT2D eigenvalue weighted by Gasteiger charge is -2.32. The first kappa shape index (κ1) is 18.4.